The molecule has 194 valence electrons. The molecule has 2 atom stereocenters. The van der Waals surface area contributed by atoms with Gasteiger partial charge in [0.25, 0.3) is 5.91 Å². The molecule has 1 fully saturated rings. The molecule has 38 heavy (non-hydrogen) atoms. The van der Waals surface area contributed by atoms with E-state index in [4.69, 9.17) is 4.63 Å². The van der Waals surface area contributed by atoms with E-state index in [9.17, 15) is 14.0 Å². The zero-order valence-electron chi connectivity index (χ0n) is 21.5. The molecular formula is C29H28FN5O3. The number of benzene rings is 2. The molecule has 2 aliphatic carbocycles. The van der Waals surface area contributed by atoms with Crippen LogP contribution in [0.25, 0.3) is 5.57 Å². The highest BCUT2D eigenvalue weighted by atomic mass is 19.1. The number of aliphatic imine (C=N–C) groups is 1. The van der Waals surface area contributed by atoms with E-state index >= 15 is 0 Å². The van der Waals surface area contributed by atoms with Gasteiger partial charge in [0.2, 0.25) is 5.91 Å². The van der Waals surface area contributed by atoms with Gasteiger partial charge in [0.1, 0.15) is 17.6 Å². The third-order valence-electron chi connectivity index (χ3n) is 8.09. The monoisotopic (exact) mass is 513 g/mol. The molecule has 0 bridgehead atoms. The molecule has 0 saturated heterocycles. The van der Waals surface area contributed by atoms with E-state index < -0.39 is 11.9 Å². The van der Waals surface area contributed by atoms with Crippen molar-refractivity contribution in [3.8, 4) is 0 Å². The van der Waals surface area contributed by atoms with Crippen LogP contribution in [0, 0.1) is 18.2 Å². The van der Waals surface area contributed by atoms with Gasteiger partial charge in [0.15, 0.2) is 5.69 Å². The Labute approximate surface area is 219 Å². The van der Waals surface area contributed by atoms with E-state index in [1.165, 1.54) is 11.6 Å². The second kappa shape index (κ2) is 9.01. The number of amides is 2. The molecule has 8 nitrogen and oxygen atoms in total. The fourth-order valence-electron chi connectivity index (χ4n) is 6.08. The number of nitrogens with zero attached hydrogens (tertiary/aromatic N) is 3. The van der Waals surface area contributed by atoms with Gasteiger partial charge in [-0.25, -0.2) is 9.02 Å². The Morgan fingerprint density at radius 2 is 1.84 bits per heavy atom. The van der Waals surface area contributed by atoms with Gasteiger partial charge >= 0.3 is 0 Å². The summed E-state index contributed by atoms with van der Waals surface area (Å²) in [6, 6.07) is 11.4. The zero-order valence-corrected chi connectivity index (χ0v) is 21.5. The molecule has 3 aromatic rings. The first-order valence-electron chi connectivity index (χ1n) is 12.8. The minimum absolute atomic E-state index is 0.0339. The molecule has 1 spiro atoms. The predicted octanol–water partition coefficient (Wildman–Crippen LogP) is 4.62. The van der Waals surface area contributed by atoms with Crippen molar-refractivity contribution in [2.75, 3.05) is 11.9 Å². The van der Waals surface area contributed by atoms with E-state index in [0.29, 0.717) is 24.3 Å². The van der Waals surface area contributed by atoms with Crippen LogP contribution in [0.5, 0.6) is 0 Å². The van der Waals surface area contributed by atoms with Crippen LogP contribution in [0.2, 0.25) is 0 Å². The second-order valence-corrected chi connectivity index (χ2v) is 10.6. The Hall–Kier alpha value is -4.14. The first-order chi connectivity index (χ1) is 18.3. The van der Waals surface area contributed by atoms with Crippen molar-refractivity contribution in [3.63, 3.8) is 0 Å². The largest absolute Gasteiger partial charge is 0.338 e. The van der Waals surface area contributed by atoms with Gasteiger partial charge in [-0.3, -0.25) is 14.6 Å². The van der Waals surface area contributed by atoms with Crippen LogP contribution in [-0.2, 0) is 11.2 Å². The second-order valence-electron chi connectivity index (χ2n) is 10.6. The van der Waals surface area contributed by atoms with E-state index in [0.717, 1.165) is 40.8 Å². The van der Waals surface area contributed by atoms with Gasteiger partial charge < -0.3 is 10.6 Å². The number of fused-ring (bicyclic) bond motifs is 1. The SMILES string of the molecule is CC1=NCC(C)=C1c1ccc(NC(=O)[C@@H](NC(=O)c2nonc2C)C2c3ccc(F)cc3CC23CC3)cc1. The molecule has 1 saturated carbocycles. The fraction of sp³-hybridized carbons (Fsp3) is 0.345. The van der Waals surface area contributed by atoms with Crippen LogP contribution in [0.1, 0.15) is 65.5 Å². The number of hydrogen-bond donors (Lipinski definition) is 2. The molecule has 1 aromatic heterocycles. The quantitative estimate of drug-likeness (QED) is 0.500. The molecule has 1 unspecified atom stereocenters. The third kappa shape index (κ3) is 4.12. The number of aromatic nitrogens is 2. The maximum Gasteiger partial charge on any atom is 0.276 e. The minimum Gasteiger partial charge on any atom is -0.338 e. The number of halogens is 1. The summed E-state index contributed by atoms with van der Waals surface area (Å²) in [5, 5.41) is 13.3. The molecule has 3 aliphatic rings. The summed E-state index contributed by atoms with van der Waals surface area (Å²) in [6.45, 7) is 6.39. The van der Waals surface area contributed by atoms with Gasteiger partial charge in [0.05, 0.1) is 6.54 Å². The number of nitrogens with one attached hydrogen (secondary N) is 2. The lowest BCUT2D eigenvalue weighted by Gasteiger charge is -2.29. The van der Waals surface area contributed by atoms with Crippen molar-refractivity contribution < 1.29 is 18.6 Å². The minimum atomic E-state index is -0.901. The van der Waals surface area contributed by atoms with E-state index in [2.05, 4.69) is 32.9 Å². The van der Waals surface area contributed by atoms with Crippen LogP contribution >= 0.6 is 0 Å². The summed E-state index contributed by atoms with van der Waals surface area (Å²) >= 11 is 0. The summed E-state index contributed by atoms with van der Waals surface area (Å²) in [7, 11) is 0. The molecule has 2 aromatic carbocycles. The molecule has 2 heterocycles. The predicted molar refractivity (Wildman–Crippen MR) is 140 cm³/mol. The molecule has 9 heteroatoms. The van der Waals surface area contributed by atoms with Crippen molar-refractivity contribution in [1.82, 2.24) is 15.6 Å². The van der Waals surface area contributed by atoms with E-state index in [1.54, 1.807) is 19.1 Å². The number of hydrogen-bond acceptors (Lipinski definition) is 6. The molecule has 2 N–H and O–H groups in total. The molecular weight excluding hydrogens is 485 g/mol. The molecule has 1 aliphatic heterocycles. The summed E-state index contributed by atoms with van der Waals surface area (Å²) < 4.78 is 18.8. The first kappa shape index (κ1) is 24.2. The summed E-state index contributed by atoms with van der Waals surface area (Å²) in [5.74, 6) is -1.49. The van der Waals surface area contributed by atoms with Gasteiger partial charge in [0, 0.05) is 22.9 Å². The highest BCUT2D eigenvalue weighted by Crippen LogP contribution is 2.64. The lowest BCUT2D eigenvalue weighted by molar-refractivity contribution is -0.118. The number of anilines is 1. The number of carbonyl (C=O) groups is 2. The fourth-order valence-corrected chi connectivity index (χ4v) is 6.08. The maximum absolute atomic E-state index is 14.1. The van der Waals surface area contributed by atoms with Crippen LogP contribution in [-0.4, -0.2) is 40.4 Å². The Morgan fingerprint density at radius 3 is 2.47 bits per heavy atom. The van der Waals surface area contributed by atoms with Crippen LogP contribution in [0.3, 0.4) is 0 Å². The van der Waals surface area contributed by atoms with Crippen molar-refractivity contribution in [2.24, 2.45) is 10.4 Å². The summed E-state index contributed by atoms with van der Waals surface area (Å²) in [5.41, 5.74) is 6.98. The smallest absolute Gasteiger partial charge is 0.276 e. The lowest BCUT2D eigenvalue weighted by atomic mass is 9.82. The molecule has 0 radical (unpaired) electrons. The van der Waals surface area contributed by atoms with E-state index in [-0.39, 0.29) is 28.8 Å². The number of rotatable bonds is 6. The average Bonchev–Trinajstić information content (AvgIpc) is 3.21. The van der Waals surface area contributed by atoms with Gasteiger partial charge in [-0.2, -0.15) is 0 Å². The zero-order chi connectivity index (χ0) is 26.6. The Kier molecular flexibility index (Phi) is 5.74. The number of carbonyl (C=O) groups excluding carboxylic acids is 2. The standard InChI is InChI=1S/C29H28FN5O3/c1-15-14-31-16(2)23(15)18-4-7-21(8-5-18)32-28(37)26(33-27(36)25-17(3)34-38-35-25)24-22-9-6-20(30)12-19(22)13-29(24)10-11-29/h4-9,12,24,26H,10-11,13-14H2,1-3H3,(H,32,37)(H,33,36)/t24?,26-/m0/s1. The normalized spacial score (nSPS) is 19.8. The van der Waals surface area contributed by atoms with Crippen LogP contribution in [0.15, 0.2) is 57.7 Å². The van der Waals surface area contributed by atoms with Gasteiger partial charge in [-0.15, -0.1) is 0 Å². The Balaban J connectivity index is 1.31. The van der Waals surface area contributed by atoms with Crippen molar-refractivity contribution in [1.29, 1.82) is 0 Å². The summed E-state index contributed by atoms with van der Waals surface area (Å²) in [4.78, 5) is 31.5. The summed E-state index contributed by atoms with van der Waals surface area (Å²) in [6.07, 6.45) is 2.49. The first-order valence-corrected chi connectivity index (χ1v) is 12.8. The van der Waals surface area contributed by atoms with Crippen LogP contribution in [0.4, 0.5) is 10.1 Å². The van der Waals surface area contributed by atoms with Crippen molar-refractivity contribution in [2.45, 2.75) is 52.0 Å². The average molecular weight is 514 g/mol. The topological polar surface area (TPSA) is 109 Å². The van der Waals surface area contributed by atoms with Gasteiger partial charge in [-0.1, -0.05) is 23.4 Å². The highest BCUT2D eigenvalue weighted by Gasteiger charge is 2.58. The van der Waals surface area contributed by atoms with Crippen molar-refractivity contribution in [3.05, 3.63) is 81.9 Å². The highest BCUT2D eigenvalue weighted by molar-refractivity contribution is 6.25. The number of aryl methyl sites for hydroxylation is 1. The molecule has 2 amide bonds. The van der Waals surface area contributed by atoms with Gasteiger partial charge in [-0.05, 0) is 97.1 Å². The lowest BCUT2D eigenvalue weighted by Crippen LogP contribution is -2.49. The van der Waals surface area contributed by atoms with Crippen molar-refractivity contribution >= 4 is 28.8 Å². The maximum atomic E-state index is 14.1. The molecule has 6 rings (SSSR count). The Morgan fingerprint density at radius 1 is 1.08 bits per heavy atom. The van der Waals surface area contributed by atoms with Crippen LogP contribution < -0.4 is 10.6 Å². The Bertz CT molecular complexity index is 1520. The van der Waals surface area contributed by atoms with E-state index in [1.807, 2.05) is 31.2 Å². The third-order valence-corrected chi connectivity index (χ3v) is 8.09. The number of allylic oxidation sites excluding steroid dienone is 1.